The molecule has 2 N–H and O–H groups in total. The highest BCUT2D eigenvalue weighted by Gasteiger charge is 2.10. The Balaban J connectivity index is 2.45. The second kappa shape index (κ2) is 6.62. The van der Waals surface area contributed by atoms with E-state index in [4.69, 9.17) is 16.7 Å². The summed E-state index contributed by atoms with van der Waals surface area (Å²) < 4.78 is 0. The number of aliphatic carboxylic acids is 1. The van der Waals surface area contributed by atoms with E-state index in [1.54, 1.807) is 0 Å². The van der Waals surface area contributed by atoms with Crippen molar-refractivity contribution in [2.45, 2.75) is 38.8 Å². The standard InChI is InChI=1S/C13H18ClNO2/c1-9(3-8-13(16)17)15-10(2)11-4-6-12(14)7-5-11/h4-7,9-10,15H,3,8H2,1-2H3,(H,16,17). The molecule has 0 heterocycles. The molecule has 0 aliphatic carbocycles. The zero-order valence-electron chi connectivity index (χ0n) is 10.1. The van der Waals surface area contributed by atoms with Gasteiger partial charge in [0.25, 0.3) is 0 Å². The van der Waals surface area contributed by atoms with Crippen molar-refractivity contribution in [3.05, 3.63) is 34.9 Å². The molecule has 17 heavy (non-hydrogen) atoms. The van der Waals surface area contributed by atoms with Gasteiger partial charge in [0.05, 0.1) is 0 Å². The molecule has 0 aliphatic heterocycles. The van der Waals surface area contributed by atoms with Crippen LogP contribution in [0.15, 0.2) is 24.3 Å². The van der Waals surface area contributed by atoms with Gasteiger partial charge in [-0.2, -0.15) is 0 Å². The quantitative estimate of drug-likeness (QED) is 0.820. The van der Waals surface area contributed by atoms with Crippen LogP contribution in [0.3, 0.4) is 0 Å². The minimum absolute atomic E-state index is 0.178. The molecular formula is C13H18ClNO2. The van der Waals surface area contributed by atoms with Crippen LogP contribution in [-0.2, 0) is 4.79 Å². The minimum atomic E-state index is -0.752. The summed E-state index contributed by atoms with van der Waals surface area (Å²) in [5, 5.41) is 12.7. The number of hydrogen-bond donors (Lipinski definition) is 2. The fourth-order valence-electron chi connectivity index (χ4n) is 1.70. The smallest absolute Gasteiger partial charge is 0.303 e. The van der Waals surface area contributed by atoms with Gasteiger partial charge < -0.3 is 10.4 Å². The molecule has 3 nitrogen and oxygen atoms in total. The number of benzene rings is 1. The van der Waals surface area contributed by atoms with Crippen LogP contribution in [0.25, 0.3) is 0 Å². The zero-order valence-corrected chi connectivity index (χ0v) is 10.9. The highest BCUT2D eigenvalue weighted by molar-refractivity contribution is 6.30. The molecule has 0 spiro atoms. The van der Waals surface area contributed by atoms with Crippen molar-refractivity contribution in [2.24, 2.45) is 0 Å². The van der Waals surface area contributed by atoms with Gasteiger partial charge in [0.2, 0.25) is 0 Å². The van der Waals surface area contributed by atoms with E-state index in [1.165, 1.54) is 0 Å². The van der Waals surface area contributed by atoms with E-state index in [-0.39, 0.29) is 18.5 Å². The molecule has 0 aromatic heterocycles. The molecule has 0 bridgehead atoms. The zero-order chi connectivity index (χ0) is 12.8. The summed E-state index contributed by atoms with van der Waals surface area (Å²) in [5.41, 5.74) is 1.15. The van der Waals surface area contributed by atoms with Crippen molar-refractivity contribution in [1.29, 1.82) is 0 Å². The fourth-order valence-corrected chi connectivity index (χ4v) is 1.82. The molecule has 1 rings (SSSR count). The SMILES string of the molecule is CC(CCC(=O)O)NC(C)c1ccc(Cl)cc1. The molecule has 0 saturated carbocycles. The second-order valence-electron chi connectivity index (χ2n) is 4.27. The van der Waals surface area contributed by atoms with Crippen LogP contribution in [0.2, 0.25) is 5.02 Å². The van der Waals surface area contributed by atoms with Gasteiger partial charge in [-0.05, 0) is 38.0 Å². The van der Waals surface area contributed by atoms with Crippen LogP contribution in [0, 0.1) is 0 Å². The number of nitrogens with one attached hydrogen (secondary N) is 1. The highest BCUT2D eigenvalue weighted by atomic mass is 35.5. The minimum Gasteiger partial charge on any atom is -0.481 e. The van der Waals surface area contributed by atoms with Crippen LogP contribution < -0.4 is 5.32 Å². The van der Waals surface area contributed by atoms with Gasteiger partial charge in [0.1, 0.15) is 0 Å². The van der Waals surface area contributed by atoms with Crippen LogP contribution in [0.1, 0.15) is 38.3 Å². The lowest BCUT2D eigenvalue weighted by atomic mass is 10.1. The Morgan fingerprint density at radius 3 is 2.47 bits per heavy atom. The monoisotopic (exact) mass is 255 g/mol. The van der Waals surface area contributed by atoms with Crippen molar-refractivity contribution >= 4 is 17.6 Å². The average molecular weight is 256 g/mol. The predicted molar refractivity (Wildman–Crippen MR) is 69.3 cm³/mol. The first-order chi connectivity index (χ1) is 7.99. The topological polar surface area (TPSA) is 49.3 Å². The van der Waals surface area contributed by atoms with Crippen molar-refractivity contribution in [3.8, 4) is 0 Å². The maximum absolute atomic E-state index is 10.5. The Morgan fingerprint density at radius 2 is 1.94 bits per heavy atom. The van der Waals surface area contributed by atoms with E-state index in [1.807, 2.05) is 31.2 Å². The van der Waals surface area contributed by atoms with Crippen molar-refractivity contribution < 1.29 is 9.90 Å². The molecule has 1 aromatic carbocycles. The molecular weight excluding hydrogens is 238 g/mol. The first-order valence-corrected chi connectivity index (χ1v) is 6.10. The largest absolute Gasteiger partial charge is 0.481 e. The number of carbonyl (C=O) groups is 1. The van der Waals surface area contributed by atoms with Gasteiger partial charge in [0.15, 0.2) is 0 Å². The summed E-state index contributed by atoms with van der Waals surface area (Å²) in [6, 6.07) is 8.04. The molecule has 1 aromatic rings. The maximum atomic E-state index is 10.5. The van der Waals surface area contributed by atoms with Crippen LogP contribution >= 0.6 is 11.6 Å². The summed E-state index contributed by atoms with van der Waals surface area (Å²) in [5.74, 6) is -0.752. The first-order valence-electron chi connectivity index (χ1n) is 5.72. The van der Waals surface area contributed by atoms with E-state index in [2.05, 4.69) is 12.2 Å². The Bertz CT molecular complexity index is 364. The van der Waals surface area contributed by atoms with Crippen LogP contribution in [0.4, 0.5) is 0 Å². The summed E-state index contributed by atoms with van der Waals surface area (Å²) in [6.07, 6.45) is 0.828. The Morgan fingerprint density at radius 1 is 1.35 bits per heavy atom. The molecule has 0 aliphatic rings. The second-order valence-corrected chi connectivity index (χ2v) is 4.71. The summed E-state index contributed by atoms with van der Waals surface area (Å²) in [4.78, 5) is 10.5. The number of halogens is 1. The summed E-state index contributed by atoms with van der Waals surface area (Å²) >= 11 is 5.82. The van der Waals surface area contributed by atoms with Crippen molar-refractivity contribution in [1.82, 2.24) is 5.32 Å². The van der Waals surface area contributed by atoms with E-state index in [0.29, 0.717) is 6.42 Å². The molecule has 0 radical (unpaired) electrons. The molecule has 0 fully saturated rings. The van der Waals surface area contributed by atoms with Gasteiger partial charge in [-0.3, -0.25) is 4.79 Å². The summed E-state index contributed by atoms with van der Waals surface area (Å²) in [6.45, 7) is 4.05. The number of carboxylic acids is 1. The summed E-state index contributed by atoms with van der Waals surface area (Å²) in [7, 11) is 0. The predicted octanol–water partition coefficient (Wildman–Crippen LogP) is 3.24. The van der Waals surface area contributed by atoms with E-state index >= 15 is 0 Å². The number of carboxylic acid groups (broad SMARTS) is 1. The maximum Gasteiger partial charge on any atom is 0.303 e. The van der Waals surface area contributed by atoms with E-state index in [9.17, 15) is 4.79 Å². The Hall–Kier alpha value is -1.06. The van der Waals surface area contributed by atoms with Gasteiger partial charge in [-0.1, -0.05) is 23.7 Å². The average Bonchev–Trinajstić information content (AvgIpc) is 2.27. The van der Waals surface area contributed by atoms with Crippen LogP contribution in [-0.4, -0.2) is 17.1 Å². The Kier molecular flexibility index (Phi) is 5.45. The third kappa shape index (κ3) is 5.20. The van der Waals surface area contributed by atoms with Crippen molar-refractivity contribution in [3.63, 3.8) is 0 Å². The lowest BCUT2D eigenvalue weighted by Crippen LogP contribution is -2.29. The molecule has 0 amide bonds. The van der Waals surface area contributed by atoms with Gasteiger partial charge in [-0.25, -0.2) is 0 Å². The number of rotatable bonds is 6. The molecule has 2 unspecified atom stereocenters. The molecule has 94 valence electrons. The molecule has 4 heteroatoms. The molecule has 2 atom stereocenters. The van der Waals surface area contributed by atoms with Gasteiger partial charge in [0, 0.05) is 23.5 Å². The van der Waals surface area contributed by atoms with Gasteiger partial charge >= 0.3 is 5.97 Å². The third-order valence-corrected chi connectivity index (χ3v) is 2.95. The lowest BCUT2D eigenvalue weighted by Gasteiger charge is -2.19. The Labute approximate surface area is 107 Å². The van der Waals surface area contributed by atoms with Crippen LogP contribution in [0.5, 0.6) is 0 Å². The number of hydrogen-bond acceptors (Lipinski definition) is 2. The first kappa shape index (κ1) is 14.0. The lowest BCUT2D eigenvalue weighted by molar-refractivity contribution is -0.137. The third-order valence-electron chi connectivity index (χ3n) is 2.70. The molecule has 0 saturated heterocycles. The van der Waals surface area contributed by atoms with Crippen molar-refractivity contribution in [2.75, 3.05) is 0 Å². The van der Waals surface area contributed by atoms with Gasteiger partial charge in [-0.15, -0.1) is 0 Å². The normalized spacial score (nSPS) is 14.3. The fraction of sp³-hybridized carbons (Fsp3) is 0.462. The highest BCUT2D eigenvalue weighted by Crippen LogP contribution is 2.17. The van der Waals surface area contributed by atoms with E-state index < -0.39 is 5.97 Å². The van der Waals surface area contributed by atoms with E-state index in [0.717, 1.165) is 10.6 Å².